The summed E-state index contributed by atoms with van der Waals surface area (Å²) in [5.41, 5.74) is 4.84. The molecule has 0 aromatic rings. The minimum Gasteiger partial charge on any atom is -0.483 e. The minimum absolute atomic E-state index is 0.250. The Morgan fingerprint density at radius 2 is 1.75 bits per heavy atom. The molecule has 0 fully saturated rings. The van der Waals surface area contributed by atoms with Crippen LogP contribution in [0.3, 0.4) is 0 Å². The molecule has 0 aliphatic carbocycles. The first-order chi connectivity index (χ1) is 5.45. The van der Waals surface area contributed by atoms with E-state index < -0.39 is 24.4 Å². The van der Waals surface area contributed by atoms with E-state index in [1.807, 2.05) is 0 Å². The Hall–Kier alpha value is -1.63. The molecular formula is C5H9NO6. The van der Waals surface area contributed by atoms with Crippen molar-refractivity contribution in [3.05, 3.63) is 0 Å². The van der Waals surface area contributed by atoms with Gasteiger partial charge in [0.1, 0.15) is 6.04 Å². The van der Waals surface area contributed by atoms with Crippen molar-refractivity contribution in [2.24, 2.45) is 5.73 Å². The van der Waals surface area contributed by atoms with Crippen molar-refractivity contribution in [2.75, 3.05) is 0 Å². The third-order valence-corrected chi connectivity index (χ3v) is 0.712. The molecular weight excluding hydrogens is 170 g/mol. The molecule has 0 spiro atoms. The van der Waals surface area contributed by atoms with Crippen LogP contribution in [-0.4, -0.2) is 39.8 Å². The average molecular weight is 179 g/mol. The summed E-state index contributed by atoms with van der Waals surface area (Å²) < 4.78 is 0. The van der Waals surface area contributed by atoms with Crippen LogP contribution in [0.1, 0.15) is 6.42 Å². The van der Waals surface area contributed by atoms with Crippen molar-refractivity contribution in [3.63, 3.8) is 0 Å². The molecule has 0 bridgehead atoms. The molecule has 12 heavy (non-hydrogen) atoms. The van der Waals surface area contributed by atoms with E-state index in [0.717, 1.165) is 0 Å². The summed E-state index contributed by atoms with van der Waals surface area (Å²) >= 11 is 0. The summed E-state index contributed by atoms with van der Waals surface area (Å²) in [5.74, 6) is -2.50. The van der Waals surface area contributed by atoms with E-state index in [0.29, 0.717) is 0 Å². The molecule has 0 amide bonds. The maximum atomic E-state index is 9.85. The first kappa shape index (κ1) is 13.0. The van der Waals surface area contributed by atoms with E-state index in [1.165, 1.54) is 0 Å². The first-order valence-electron chi connectivity index (χ1n) is 2.73. The van der Waals surface area contributed by atoms with Gasteiger partial charge in [-0.1, -0.05) is 0 Å². The first-order valence-corrected chi connectivity index (χ1v) is 2.73. The summed E-state index contributed by atoms with van der Waals surface area (Å²) in [5, 5.41) is 22.9. The van der Waals surface area contributed by atoms with Crippen molar-refractivity contribution >= 4 is 18.4 Å². The molecule has 0 rings (SSSR count). The Morgan fingerprint density at radius 1 is 1.42 bits per heavy atom. The highest BCUT2D eigenvalue weighted by atomic mass is 16.4. The van der Waals surface area contributed by atoms with Crippen molar-refractivity contribution in [2.45, 2.75) is 12.5 Å². The Labute approximate surface area is 67.4 Å². The second-order valence-corrected chi connectivity index (χ2v) is 1.65. The Bertz CT molecular complexity index is 167. The van der Waals surface area contributed by atoms with Gasteiger partial charge in [-0.15, -0.1) is 0 Å². The fraction of sp³-hybridized carbons (Fsp3) is 0.400. The predicted molar refractivity (Wildman–Crippen MR) is 36.6 cm³/mol. The molecule has 0 aliphatic heterocycles. The number of aliphatic carboxylic acids is 2. The number of carboxylic acids is 2. The molecule has 0 unspecified atom stereocenters. The van der Waals surface area contributed by atoms with Crippen LogP contribution in [-0.2, 0) is 14.4 Å². The van der Waals surface area contributed by atoms with Crippen LogP contribution in [0, 0.1) is 0 Å². The molecule has 0 radical (unpaired) electrons. The zero-order valence-corrected chi connectivity index (χ0v) is 6.01. The standard InChI is InChI=1S/C4H7NO4.CH2O2/c5-2(4(8)9)1-3(6)7;2-1-3/h2H,1,5H2,(H,6,7)(H,8,9);1H,(H,2,3)/t2-;/m0./s1. The van der Waals surface area contributed by atoms with Crippen molar-refractivity contribution < 1.29 is 29.7 Å². The highest BCUT2D eigenvalue weighted by Crippen LogP contribution is 1.86. The molecule has 7 nitrogen and oxygen atoms in total. The van der Waals surface area contributed by atoms with Crippen LogP contribution in [0.15, 0.2) is 0 Å². The molecule has 5 N–H and O–H groups in total. The van der Waals surface area contributed by atoms with Crippen LogP contribution in [0.2, 0.25) is 0 Å². The van der Waals surface area contributed by atoms with Gasteiger partial charge in [0.05, 0.1) is 6.42 Å². The Balaban J connectivity index is 0. The predicted octanol–water partition coefficient (Wildman–Crippen LogP) is -1.43. The van der Waals surface area contributed by atoms with Gasteiger partial charge in [-0.25, -0.2) is 0 Å². The quantitative estimate of drug-likeness (QED) is 0.389. The molecule has 7 heteroatoms. The molecule has 70 valence electrons. The second kappa shape index (κ2) is 7.48. The minimum atomic E-state index is -1.29. The second-order valence-electron chi connectivity index (χ2n) is 1.65. The molecule has 0 aromatic heterocycles. The third kappa shape index (κ3) is 11.2. The number of rotatable bonds is 3. The topological polar surface area (TPSA) is 138 Å². The van der Waals surface area contributed by atoms with Crippen LogP contribution < -0.4 is 5.73 Å². The van der Waals surface area contributed by atoms with Gasteiger partial charge in [0.2, 0.25) is 0 Å². The average Bonchev–Trinajstić information content (AvgIpc) is 1.87. The lowest BCUT2D eigenvalue weighted by Gasteiger charge is -1.99. The lowest BCUT2D eigenvalue weighted by Crippen LogP contribution is -2.32. The van der Waals surface area contributed by atoms with Gasteiger partial charge in [0.15, 0.2) is 0 Å². The van der Waals surface area contributed by atoms with Crippen LogP contribution in [0.5, 0.6) is 0 Å². The number of nitrogens with two attached hydrogens (primary N) is 1. The van der Waals surface area contributed by atoms with E-state index in [1.54, 1.807) is 0 Å². The summed E-state index contributed by atoms with van der Waals surface area (Å²) in [6.45, 7) is -0.250. The number of hydrogen-bond donors (Lipinski definition) is 4. The lowest BCUT2D eigenvalue weighted by atomic mass is 10.2. The molecule has 0 saturated heterocycles. The monoisotopic (exact) mass is 179 g/mol. The molecule has 0 saturated carbocycles. The van der Waals surface area contributed by atoms with E-state index in [-0.39, 0.29) is 6.47 Å². The van der Waals surface area contributed by atoms with Crippen LogP contribution >= 0.6 is 0 Å². The Morgan fingerprint density at radius 3 is 1.83 bits per heavy atom. The van der Waals surface area contributed by atoms with Gasteiger partial charge in [-0.2, -0.15) is 0 Å². The van der Waals surface area contributed by atoms with E-state index in [4.69, 9.17) is 25.8 Å². The van der Waals surface area contributed by atoms with Gasteiger partial charge < -0.3 is 21.1 Å². The molecule has 0 heterocycles. The fourth-order valence-electron chi connectivity index (χ4n) is 0.275. The van der Waals surface area contributed by atoms with Crippen molar-refractivity contribution in [1.82, 2.24) is 0 Å². The summed E-state index contributed by atoms with van der Waals surface area (Å²) in [6, 6.07) is -1.29. The molecule has 0 aromatic carbocycles. The number of carbonyl (C=O) groups is 3. The normalized spacial score (nSPS) is 10.4. The number of hydrogen-bond acceptors (Lipinski definition) is 4. The maximum absolute atomic E-state index is 9.85. The van der Waals surface area contributed by atoms with Crippen molar-refractivity contribution in [3.8, 4) is 0 Å². The highest BCUT2D eigenvalue weighted by molar-refractivity contribution is 5.80. The fourth-order valence-corrected chi connectivity index (χ4v) is 0.275. The number of carboxylic acid groups (broad SMARTS) is 3. The van der Waals surface area contributed by atoms with Gasteiger partial charge in [0, 0.05) is 0 Å². The van der Waals surface area contributed by atoms with E-state index in [9.17, 15) is 9.59 Å². The maximum Gasteiger partial charge on any atom is 0.321 e. The van der Waals surface area contributed by atoms with Gasteiger partial charge >= 0.3 is 11.9 Å². The van der Waals surface area contributed by atoms with Gasteiger partial charge in [-0.3, -0.25) is 14.4 Å². The molecule has 0 aliphatic rings. The largest absolute Gasteiger partial charge is 0.483 e. The zero-order chi connectivity index (χ0) is 10.1. The highest BCUT2D eigenvalue weighted by Gasteiger charge is 2.14. The smallest absolute Gasteiger partial charge is 0.321 e. The summed E-state index contributed by atoms with van der Waals surface area (Å²) in [7, 11) is 0. The Kier molecular flexibility index (Phi) is 8.10. The van der Waals surface area contributed by atoms with E-state index >= 15 is 0 Å². The summed E-state index contributed by atoms with van der Waals surface area (Å²) in [4.78, 5) is 28.0. The molecule has 1 atom stereocenters. The van der Waals surface area contributed by atoms with E-state index in [2.05, 4.69) is 0 Å². The van der Waals surface area contributed by atoms with Crippen LogP contribution in [0.25, 0.3) is 0 Å². The van der Waals surface area contributed by atoms with Gasteiger partial charge in [0.25, 0.3) is 6.47 Å². The SMILES string of the molecule is N[C@@H](CC(=O)O)C(=O)O.O=CO. The van der Waals surface area contributed by atoms with Crippen LogP contribution in [0.4, 0.5) is 0 Å². The summed E-state index contributed by atoms with van der Waals surface area (Å²) in [6.07, 6.45) is -0.532. The zero-order valence-electron chi connectivity index (χ0n) is 6.01. The van der Waals surface area contributed by atoms with Crippen molar-refractivity contribution in [1.29, 1.82) is 0 Å². The van der Waals surface area contributed by atoms with Gasteiger partial charge in [-0.05, 0) is 0 Å². The lowest BCUT2D eigenvalue weighted by molar-refractivity contribution is -0.144. The third-order valence-electron chi connectivity index (χ3n) is 0.712.